The molecular formula is C32H34ClFN4O3S2. The second kappa shape index (κ2) is 12.1. The summed E-state index contributed by atoms with van der Waals surface area (Å²) in [4.78, 5) is 8.25. The topological polar surface area (TPSA) is 66.0 Å². The van der Waals surface area contributed by atoms with Crippen LogP contribution in [0.15, 0.2) is 70.4 Å². The molecular weight excluding hydrogens is 607 g/mol. The van der Waals surface area contributed by atoms with Crippen LogP contribution in [0.1, 0.15) is 41.1 Å². The van der Waals surface area contributed by atoms with Gasteiger partial charge in [-0.2, -0.15) is 0 Å². The highest BCUT2D eigenvalue weighted by atomic mass is 35.5. The molecule has 43 heavy (non-hydrogen) atoms. The standard InChI is InChI=1S/C32H34ClFN4O3S2/c1-21-14-25(41-3)10-8-23(21)17-38(32-19-42-20-35-32)43(39,40)31-15-27(33)30(16-28(31)34)36(2)24-12-13-37(18-24)29-11-9-22-6-4-5-7-26(22)29/h4-8,10,14-16,19-20,24,29H,9,11-13,17-18H2,1-3H3/t24-,29?/m0/s1. The number of nitrogens with zero attached hydrogens (tertiary/aromatic N) is 4. The van der Waals surface area contributed by atoms with E-state index < -0.39 is 20.7 Å². The van der Waals surface area contributed by atoms with Crippen molar-refractivity contribution >= 4 is 44.5 Å². The van der Waals surface area contributed by atoms with Crippen molar-refractivity contribution in [2.45, 2.75) is 49.7 Å². The highest BCUT2D eigenvalue weighted by Crippen LogP contribution is 2.40. The van der Waals surface area contributed by atoms with E-state index in [1.165, 1.54) is 34.6 Å². The SMILES string of the molecule is COc1ccc(CN(c2cscn2)S(=O)(=O)c2cc(Cl)c(N(C)[C@H]3CCN(C4CCc5ccccc54)C3)cc2F)c(C)c1. The van der Waals surface area contributed by atoms with Gasteiger partial charge in [-0.25, -0.2) is 22.1 Å². The number of anilines is 2. The molecule has 0 radical (unpaired) electrons. The number of hydrogen-bond donors (Lipinski definition) is 0. The van der Waals surface area contributed by atoms with Gasteiger partial charge in [-0.1, -0.05) is 41.9 Å². The van der Waals surface area contributed by atoms with E-state index in [4.69, 9.17) is 16.3 Å². The highest BCUT2D eigenvalue weighted by Gasteiger charge is 2.36. The number of methoxy groups -OCH3 is 1. The van der Waals surface area contributed by atoms with Crippen molar-refractivity contribution in [1.82, 2.24) is 9.88 Å². The summed E-state index contributed by atoms with van der Waals surface area (Å²) in [5, 5.41) is 1.82. The first-order chi connectivity index (χ1) is 20.7. The van der Waals surface area contributed by atoms with Gasteiger partial charge in [0.25, 0.3) is 10.0 Å². The second-order valence-electron chi connectivity index (χ2n) is 11.2. The Morgan fingerprint density at radius 2 is 1.98 bits per heavy atom. The number of halogens is 2. The average molecular weight is 641 g/mol. The number of thiazole rings is 1. The van der Waals surface area contributed by atoms with Crippen molar-refractivity contribution in [3.63, 3.8) is 0 Å². The van der Waals surface area contributed by atoms with Crippen LogP contribution >= 0.6 is 22.9 Å². The monoisotopic (exact) mass is 640 g/mol. The fourth-order valence-electron chi connectivity index (χ4n) is 6.33. The molecule has 11 heteroatoms. The van der Waals surface area contributed by atoms with Gasteiger partial charge in [-0.05, 0) is 66.6 Å². The fraction of sp³-hybridized carbons (Fsp3) is 0.344. The molecule has 0 N–H and O–H groups in total. The Hall–Kier alpha value is -3.18. The molecule has 226 valence electrons. The number of ether oxygens (including phenoxy) is 1. The van der Waals surface area contributed by atoms with Crippen LogP contribution in [0, 0.1) is 12.7 Å². The number of aromatic nitrogens is 1. The van der Waals surface area contributed by atoms with Gasteiger partial charge in [0.2, 0.25) is 0 Å². The summed E-state index contributed by atoms with van der Waals surface area (Å²) in [6, 6.07) is 17.0. The maximum atomic E-state index is 15.8. The number of sulfonamides is 1. The van der Waals surface area contributed by atoms with Crippen molar-refractivity contribution < 1.29 is 17.5 Å². The van der Waals surface area contributed by atoms with Crippen LogP contribution in [0.3, 0.4) is 0 Å². The lowest BCUT2D eigenvalue weighted by Crippen LogP contribution is -2.36. The van der Waals surface area contributed by atoms with Gasteiger partial charge in [0.1, 0.15) is 16.5 Å². The van der Waals surface area contributed by atoms with E-state index in [0.717, 1.165) is 47.8 Å². The molecule has 4 aromatic rings. The summed E-state index contributed by atoms with van der Waals surface area (Å²) >= 11 is 7.99. The van der Waals surface area contributed by atoms with Crippen molar-refractivity contribution in [3.8, 4) is 5.75 Å². The lowest BCUT2D eigenvalue weighted by Gasteiger charge is -2.30. The summed E-state index contributed by atoms with van der Waals surface area (Å²) in [5.74, 6) is 0.0364. The van der Waals surface area contributed by atoms with Crippen LogP contribution in [0.2, 0.25) is 5.02 Å². The molecule has 6 rings (SSSR count). The molecule has 3 aromatic carbocycles. The van der Waals surface area contributed by atoms with Gasteiger partial charge in [0.05, 0.1) is 29.9 Å². The maximum absolute atomic E-state index is 15.8. The summed E-state index contributed by atoms with van der Waals surface area (Å²) in [6.45, 7) is 3.62. The first kappa shape index (κ1) is 29.9. The highest BCUT2D eigenvalue weighted by molar-refractivity contribution is 7.92. The van der Waals surface area contributed by atoms with Crippen LogP contribution in [-0.4, -0.2) is 51.6 Å². The molecule has 0 amide bonds. The van der Waals surface area contributed by atoms with Crippen LogP contribution in [-0.2, 0) is 23.0 Å². The molecule has 2 aliphatic rings. The van der Waals surface area contributed by atoms with Crippen LogP contribution in [0.5, 0.6) is 5.75 Å². The maximum Gasteiger partial charge on any atom is 0.268 e. The lowest BCUT2D eigenvalue weighted by molar-refractivity contribution is 0.242. The summed E-state index contributed by atoms with van der Waals surface area (Å²) < 4.78 is 50.3. The van der Waals surface area contributed by atoms with Crippen molar-refractivity contribution in [2.75, 3.05) is 36.5 Å². The zero-order valence-electron chi connectivity index (χ0n) is 24.3. The van der Waals surface area contributed by atoms with E-state index in [2.05, 4.69) is 34.1 Å². The summed E-state index contributed by atoms with van der Waals surface area (Å²) in [5.41, 5.74) is 6.43. The molecule has 1 aliphatic carbocycles. The largest absolute Gasteiger partial charge is 0.497 e. The minimum absolute atomic E-state index is 0.0250. The zero-order valence-corrected chi connectivity index (χ0v) is 26.7. The molecule has 2 heterocycles. The molecule has 1 fully saturated rings. The second-order valence-corrected chi connectivity index (χ2v) is 14.1. The number of benzene rings is 3. The summed E-state index contributed by atoms with van der Waals surface area (Å²) in [6.07, 6.45) is 3.09. The van der Waals surface area contributed by atoms with Crippen molar-refractivity contribution in [2.24, 2.45) is 0 Å². The lowest BCUT2D eigenvalue weighted by atomic mass is 10.1. The zero-order chi connectivity index (χ0) is 30.3. The van der Waals surface area contributed by atoms with Gasteiger partial charge in [0, 0.05) is 43.7 Å². The van der Waals surface area contributed by atoms with Gasteiger partial charge < -0.3 is 9.64 Å². The Morgan fingerprint density at radius 1 is 1.16 bits per heavy atom. The average Bonchev–Trinajstić information content (AvgIpc) is 3.78. The molecule has 0 saturated carbocycles. The molecule has 1 aromatic heterocycles. The van der Waals surface area contributed by atoms with Gasteiger partial charge in [-0.15, -0.1) is 11.3 Å². The molecule has 1 saturated heterocycles. The number of likely N-dealkylation sites (tertiary alicyclic amines) is 1. The van der Waals surface area contributed by atoms with Crippen LogP contribution < -0.4 is 13.9 Å². The molecule has 7 nitrogen and oxygen atoms in total. The van der Waals surface area contributed by atoms with Gasteiger partial charge in [0.15, 0.2) is 5.82 Å². The van der Waals surface area contributed by atoms with Crippen molar-refractivity contribution in [1.29, 1.82) is 0 Å². The number of hydrogen-bond acceptors (Lipinski definition) is 7. The van der Waals surface area contributed by atoms with E-state index >= 15 is 4.39 Å². The first-order valence-corrected chi connectivity index (χ1v) is 17.0. The first-order valence-electron chi connectivity index (χ1n) is 14.3. The van der Waals surface area contributed by atoms with Gasteiger partial charge in [-0.3, -0.25) is 4.90 Å². The van der Waals surface area contributed by atoms with E-state index in [1.807, 2.05) is 24.9 Å². The molecule has 0 bridgehead atoms. The predicted octanol–water partition coefficient (Wildman–Crippen LogP) is 6.85. The third-order valence-electron chi connectivity index (χ3n) is 8.77. The van der Waals surface area contributed by atoms with E-state index in [1.54, 1.807) is 30.1 Å². The van der Waals surface area contributed by atoms with Crippen molar-refractivity contribution in [3.05, 3.63) is 98.6 Å². The van der Waals surface area contributed by atoms with Gasteiger partial charge >= 0.3 is 0 Å². The van der Waals surface area contributed by atoms with Crippen LogP contribution in [0.25, 0.3) is 0 Å². The van der Waals surface area contributed by atoms with Crippen LogP contribution in [0.4, 0.5) is 15.9 Å². The Morgan fingerprint density at radius 3 is 2.72 bits per heavy atom. The molecule has 2 atom stereocenters. The quantitative estimate of drug-likeness (QED) is 0.199. The minimum Gasteiger partial charge on any atom is -0.497 e. The number of aryl methyl sites for hydroxylation is 2. The number of fused-ring (bicyclic) bond motifs is 1. The van der Waals surface area contributed by atoms with E-state index in [-0.39, 0.29) is 23.4 Å². The number of likely N-dealkylation sites (N-methyl/N-ethyl adjacent to an activating group) is 1. The molecule has 0 spiro atoms. The summed E-state index contributed by atoms with van der Waals surface area (Å²) in [7, 11) is -0.880. The Bertz CT molecular complexity index is 1730. The van der Waals surface area contributed by atoms with E-state index in [0.29, 0.717) is 17.5 Å². The normalized spacial score (nSPS) is 18.5. The third-order valence-corrected chi connectivity index (χ3v) is 11.4. The Labute approximate surface area is 261 Å². The van der Waals surface area contributed by atoms with E-state index in [9.17, 15) is 8.42 Å². The smallest absolute Gasteiger partial charge is 0.268 e. The Balaban J connectivity index is 1.25. The number of rotatable bonds is 9. The fourth-order valence-corrected chi connectivity index (χ4v) is 8.76. The predicted molar refractivity (Wildman–Crippen MR) is 171 cm³/mol. The minimum atomic E-state index is -4.36. The molecule has 1 unspecified atom stereocenters. The molecule has 1 aliphatic heterocycles. The third kappa shape index (κ3) is 5.73. The Kier molecular flexibility index (Phi) is 8.39.